The standard InChI is InChI=1S/C25H20N2O3/c1-18-12-14-20(15-13-18)24-22(16-27(26-24)21-10-6-3-7-11-21)25(29)30-17-23(28)19-8-4-2-5-9-19/h2-16H,17H2,1H3. The Kier molecular flexibility index (Phi) is 5.52. The molecule has 1 heterocycles. The molecule has 0 amide bonds. The molecule has 0 fully saturated rings. The van der Waals surface area contributed by atoms with Crippen molar-refractivity contribution in [3.8, 4) is 16.9 Å². The van der Waals surface area contributed by atoms with Crippen LogP contribution in [0, 0.1) is 6.92 Å². The first-order valence-corrected chi connectivity index (χ1v) is 9.59. The molecule has 0 N–H and O–H groups in total. The van der Waals surface area contributed by atoms with E-state index in [0.29, 0.717) is 16.8 Å². The highest BCUT2D eigenvalue weighted by Gasteiger charge is 2.21. The van der Waals surface area contributed by atoms with Crippen LogP contribution in [0.4, 0.5) is 0 Å². The fourth-order valence-corrected chi connectivity index (χ4v) is 3.08. The number of rotatable bonds is 6. The summed E-state index contributed by atoms with van der Waals surface area (Å²) in [4.78, 5) is 25.2. The fourth-order valence-electron chi connectivity index (χ4n) is 3.08. The van der Waals surface area contributed by atoms with Gasteiger partial charge in [-0.2, -0.15) is 5.10 Å². The lowest BCUT2D eigenvalue weighted by atomic mass is 10.1. The SMILES string of the molecule is Cc1ccc(-c2nn(-c3ccccc3)cc2C(=O)OCC(=O)c2ccccc2)cc1. The minimum atomic E-state index is -0.586. The molecule has 5 nitrogen and oxygen atoms in total. The van der Waals surface area contributed by atoms with Crippen LogP contribution >= 0.6 is 0 Å². The first kappa shape index (κ1) is 19.3. The summed E-state index contributed by atoms with van der Waals surface area (Å²) in [6, 6.07) is 26.0. The topological polar surface area (TPSA) is 61.2 Å². The van der Waals surface area contributed by atoms with E-state index >= 15 is 0 Å². The van der Waals surface area contributed by atoms with Gasteiger partial charge in [-0.25, -0.2) is 9.48 Å². The third kappa shape index (κ3) is 4.20. The van der Waals surface area contributed by atoms with E-state index in [1.54, 1.807) is 35.1 Å². The minimum absolute atomic E-state index is 0.253. The summed E-state index contributed by atoms with van der Waals surface area (Å²) in [6.07, 6.45) is 1.64. The minimum Gasteiger partial charge on any atom is -0.454 e. The van der Waals surface area contributed by atoms with Gasteiger partial charge in [0.25, 0.3) is 0 Å². The van der Waals surface area contributed by atoms with Crippen LogP contribution in [0.2, 0.25) is 0 Å². The summed E-state index contributed by atoms with van der Waals surface area (Å²) in [5.74, 6) is -0.840. The summed E-state index contributed by atoms with van der Waals surface area (Å²) >= 11 is 0. The third-order valence-electron chi connectivity index (χ3n) is 4.71. The zero-order valence-electron chi connectivity index (χ0n) is 16.5. The molecule has 0 saturated carbocycles. The number of ether oxygens (including phenoxy) is 1. The molecule has 0 unspecified atom stereocenters. The van der Waals surface area contributed by atoms with Gasteiger partial charge >= 0.3 is 5.97 Å². The van der Waals surface area contributed by atoms with E-state index in [9.17, 15) is 9.59 Å². The van der Waals surface area contributed by atoms with Gasteiger partial charge in [0, 0.05) is 17.3 Å². The number of ketones is 1. The van der Waals surface area contributed by atoms with Crippen molar-refractivity contribution < 1.29 is 14.3 Å². The van der Waals surface area contributed by atoms with Crippen molar-refractivity contribution in [1.29, 1.82) is 0 Å². The highest BCUT2D eigenvalue weighted by molar-refractivity contribution is 6.01. The van der Waals surface area contributed by atoms with E-state index in [4.69, 9.17) is 4.74 Å². The number of carbonyl (C=O) groups is 2. The van der Waals surface area contributed by atoms with E-state index in [-0.39, 0.29) is 12.4 Å². The van der Waals surface area contributed by atoms with Crippen molar-refractivity contribution in [3.05, 3.63) is 108 Å². The number of esters is 1. The molecule has 5 heteroatoms. The lowest BCUT2D eigenvalue weighted by molar-refractivity contribution is 0.0475. The predicted molar refractivity (Wildman–Crippen MR) is 115 cm³/mol. The lowest BCUT2D eigenvalue weighted by Gasteiger charge is -2.05. The van der Waals surface area contributed by atoms with Crippen molar-refractivity contribution in [2.45, 2.75) is 6.92 Å². The van der Waals surface area contributed by atoms with Gasteiger partial charge in [0.1, 0.15) is 11.3 Å². The quantitative estimate of drug-likeness (QED) is 0.344. The molecule has 4 rings (SSSR count). The van der Waals surface area contributed by atoms with Gasteiger partial charge in [-0.3, -0.25) is 4.79 Å². The maximum absolute atomic E-state index is 12.9. The zero-order valence-corrected chi connectivity index (χ0v) is 16.5. The zero-order chi connectivity index (χ0) is 20.9. The summed E-state index contributed by atoms with van der Waals surface area (Å²) in [6.45, 7) is 1.67. The molecule has 0 bridgehead atoms. The van der Waals surface area contributed by atoms with Crippen LogP contribution in [0.25, 0.3) is 16.9 Å². The molecule has 0 aliphatic rings. The second-order valence-electron chi connectivity index (χ2n) is 6.90. The van der Waals surface area contributed by atoms with E-state index in [2.05, 4.69) is 5.10 Å². The van der Waals surface area contributed by atoms with Crippen LogP contribution in [-0.2, 0) is 4.74 Å². The highest BCUT2D eigenvalue weighted by Crippen LogP contribution is 2.25. The van der Waals surface area contributed by atoms with Crippen LogP contribution < -0.4 is 0 Å². The Morgan fingerprint density at radius 2 is 1.50 bits per heavy atom. The molecule has 0 aliphatic heterocycles. The number of aryl methyl sites for hydroxylation is 1. The van der Waals surface area contributed by atoms with Gasteiger partial charge in [0.15, 0.2) is 12.4 Å². The summed E-state index contributed by atoms with van der Waals surface area (Å²) in [5, 5.41) is 4.62. The average molecular weight is 396 g/mol. The third-order valence-corrected chi connectivity index (χ3v) is 4.71. The van der Waals surface area contributed by atoms with Crippen LogP contribution in [0.15, 0.2) is 91.1 Å². The smallest absolute Gasteiger partial charge is 0.342 e. The van der Waals surface area contributed by atoms with Gasteiger partial charge in [0.05, 0.1) is 5.69 Å². The Hall–Kier alpha value is -3.99. The van der Waals surface area contributed by atoms with Gasteiger partial charge in [0.2, 0.25) is 0 Å². The van der Waals surface area contributed by atoms with Crippen molar-refractivity contribution in [2.24, 2.45) is 0 Å². The first-order valence-electron chi connectivity index (χ1n) is 9.59. The largest absolute Gasteiger partial charge is 0.454 e. The second-order valence-corrected chi connectivity index (χ2v) is 6.90. The number of aromatic nitrogens is 2. The molecule has 0 spiro atoms. The molecule has 148 valence electrons. The summed E-state index contributed by atoms with van der Waals surface area (Å²) in [5.41, 5.74) is 4.06. The second kappa shape index (κ2) is 8.57. The van der Waals surface area contributed by atoms with E-state index < -0.39 is 5.97 Å². The van der Waals surface area contributed by atoms with Gasteiger partial charge in [-0.05, 0) is 19.1 Å². The number of carbonyl (C=O) groups excluding carboxylic acids is 2. The van der Waals surface area contributed by atoms with Crippen molar-refractivity contribution in [2.75, 3.05) is 6.61 Å². The van der Waals surface area contributed by atoms with Crippen LogP contribution in [0.3, 0.4) is 0 Å². The molecular formula is C25H20N2O3. The Labute approximate surface area is 174 Å². The Balaban J connectivity index is 1.63. The normalized spacial score (nSPS) is 10.6. The Morgan fingerprint density at radius 1 is 0.867 bits per heavy atom. The average Bonchev–Trinajstić information content (AvgIpc) is 3.24. The maximum atomic E-state index is 12.9. The fraction of sp³-hybridized carbons (Fsp3) is 0.0800. The maximum Gasteiger partial charge on any atom is 0.342 e. The van der Waals surface area contributed by atoms with Crippen molar-refractivity contribution in [1.82, 2.24) is 9.78 Å². The molecule has 0 saturated heterocycles. The molecule has 0 atom stereocenters. The van der Waals surface area contributed by atoms with Crippen LogP contribution in [-0.4, -0.2) is 28.1 Å². The van der Waals surface area contributed by atoms with E-state index in [0.717, 1.165) is 16.8 Å². The molecular weight excluding hydrogens is 376 g/mol. The first-order chi connectivity index (χ1) is 14.6. The van der Waals surface area contributed by atoms with Crippen molar-refractivity contribution in [3.63, 3.8) is 0 Å². The molecule has 4 aromatic rings. The van der Waals surface area contributed by atoms with E-state index in [1.165, 1.54) is 0 Å². The van der Waals surface area contributed by atoms with Gasteiger partial charge < -0.3 is 4.74 Å². The number of hydrogen-bond donors (Lipinski definition) is 0. The number of hydrogen-bond acceptors (Lipinski definition) is 4. The molecule has 0 aliphatic carbocycles. The van der Waals surface area contributed by atoms with Crippen LogP contribution in [0.1, 0.15) is 26.3 Å². The predicted octanol–water partition coefficient (Wildman–Crippen LogP) is 4.89. The molecule has 0 radical (unpaired) electrons. The van der Waals surface area contributed by atoms with Crippen LogP contribution in [0.5, 0.6) is 0 Å². The number of Topliss-reactive ketones (excluding diaryl/α,β-unsaturated/α-hetero) is 1. The Bertz CT molecular complexity index is 1160. The number of para-hydroxylation sites is 1. The van der Waals surface area contributed by atoms with E-state index in [1.807, 2.05) is 67.6 Å². The van der Waals surface area contributed by atoms with Gasteiger partial charge in [-0.15, -0.1) is 0 Å². The number of benzene rings is 3. The summed E-state index contributed by atoms with van der Waals surface area (Å²) in [7, 11) is 0. The lowest BCUT2D eigenvalue weighted by Crippen LogP contribution is -2.14. The monoisotopic (exact) mass is 396 g/mol. The molecule has 1 aromatic heterocycles. The Morgan fingerprint density at radius 3 is 2.17 bits per heavy atom. The summed E-state index contributed by atoms with van der Waals surface area (Å²) < 4.78 is 6.98. The van der Waals surface area contributed by atoms with Crippen molar-refractivity contribution >= 4 is 11.8 Å². The number of nitrogens with zero attached hydrogens (tertiary/aromatic N) is 2. The highest BCUT2D eigenvalue weighted by atomic mass is 16.5. The molecule has 3 aromatic carbocycles. The molecule has 30 heavy (non-hydrogen) atoms. The van der Waals surface area contributed by atoms with Gasteiger partial charge in [-0.1, -0.05) is 78.4 Å².